The van der Waals surface area contributed by atoms with E-state index >= 15 is 0 Å². The van der Waals surface area contributed by atoms with Gasteiger partial charge < -0.3 is 9.84 Å². The number of ether oxygens (including phenoxy) is 1. The lowest BCUT2D eigenvalue weighted by Gasteiger charge is -2.42. The molecule has 0 aliphatic heterocycles. The van der Waals surface area contributed by atoms with Crippen LogP contribution < -0.4 is 4.74 Å². The second-order valence-electron chi connectivity index (χ2n) is 10.3. The molecule has 0 aromatic heterocycles. The van der Waals surface area contributed by atoms with Crippen LogP contribution in [0.4, 0.5) is 74.6 Å². The van der Waals surface area contributed by atoms with Gasteiger partial charge in [0.05, 0.1) is 6.61 Å². The Morgan fingerprint density at radius 2 is 0.787 bits per heavy atom. The molecule has 0 atom stereocenters. The summed E-state index contributed by atoms with van der Waals surface area (Å²) in [5.41, 5.74) is -2.18. The highest BCUT2D eigenvalue weighted by molar-refractivity contribution is 5.64. The number of unbranched alkanes of at least 4 members (excludes halogenated alkanes) is 5. The normalized spacial score (nSPS) is 14.4. The van der Waals surface area contributed by atoms with Crippen molar-refractivity contribution in [2.45, 2.75) is 86.2 Å². The molecule has 0 saturated heterocycles. The predicted molar refractivity (Wildman–Crippen MR) is 132 cm³/mol. The van der Waals surface area contributed by atoms with Gasteiger partial charge >= 0.3 is 47.6 Å². The van der Waals surface area contributed by atoms with Gasteiger partial charge in [-0.25, -0.2) is 0 Å². The first-order valence-corrected chi connectivity index (χ1v) is 13.4. The zero-order valence-corrected chi connectivity index (χ0v) is 23.6. The van der Waals surface area contributed by atoms with Crippen LogP contribution in [0.5, 0.6) is 5.75 Å². The molecular weight excluding hydrogens is 691 g/mol. The number of hydrogen-bond acceptors (Lipinski definition) is 2. The van der Waals surface area contributed by atoms with Crippen molar-refractivity contribution >= 4 is 0 Å². The van der Waals surface area contributed by atoms with Crippen LogP contribution in [0, 0.1) is 0 Å². The molecular formula is C28H25F17O2. The fourth-order valence-electron chi connectivity index (χ4n) is 4.07. The molecule has 0 saturated carbocycles. The van der Waals surface area contributed by atoms with Gasteiger partial charge in [0.2, 0.25) is 0 Å². The molecule has 2 aromatic carbocycles. The minimum Gasteiger partial charge on any atom is -0.494 e. The first-order chi connectivity index (χ1) is 21.3. The van der Waals surface area contributed by atoms with Gasteiger partial charge in [0.1, 0.15) is 5.75 Å². The molecule has 1 N–H and O–H groups in total. The Labute approximate surface area is 255 Å². The minimum atomic E-state index is -8.66. The van der Waals surface area contributed by atoms with Crippen LogP contribution in [0.2, 0.25) is 0 Å². The lowest BCUT2D eigenvalue weighted by Crippen LogP contribution is -2.74. The highest BCUT2D eigenvalue weighted by atomic mass is 19.4. The average molecular weight is 716 g/mol. The second kappa shape index (κ2) is 13.9. The summed E-state index contributed by atoms with van der Waals surface area (Å²) in [7, 11) is 0. The van der Waals surface area contributed by atoms with Gasteiger partial charge in [-0.05, 0) is 36.1 Å². The molecule has 0 bridgehead atoms. The van der Waals surface area contributed by atoms with Crippen molar-refractivity contribution in [3.63, 3.8) is 0 Å². The fraction of sp³-hybridized carbons (Fsp3) is 0.571. The van der Waals surface area contributed by atoms with Crippen molar-refractivity contribution in [3.05, 3.63) is 54.1 Å². The summed E-state index contributed by atoms with van der Waals surface area (Å²) in [5, 5.41) is 8.72. The smallest absolute Gasteiger partial charge is 0.460 e. The SMILES string of the molecule is OCCCCCCCCOc1ccc(-c2ccc(C(F)(F)C(F)(F)C(F)(F)C(F)(F)C(F)(F)C(F)(F)C(F)(F)C(F)(F)F)cc2)cc1. The number of hydrogen-bond donors (Lipinski definition) is 1. The van der Waals surface area contributed by atoms with E-state index in [2.05, 4.69) is 0 Å². The van der Waals surface area contributed by atoms with E-state index < -0.39 is 53.2 Å². The van der Waals surface area contributed by atoms with E-state index in [4.69, 9.17) is 9.84 Å². The van der Waals surface area contributed by atoms with E-state index in [-0.39, 0.29) is 29.9 Å². The quantitative estimate of drug-likeness (QED) is 0.131. The monoisotopic (exact) mass is 716 g/mol. The topological polar surface area (TPSA) is 29.5 Å². The second-order valence-corrected chi connectivity index (χ2v) is 10.3. The van der Waals surface area contributed by atoms with Crippen molar-refractivity contribution in [1.82, 2.24) is 0 Å². The maximum absolute atomic E-state index is 14.6. The zero-order chi connectivity index (χ0) is 36.3. The minimum absolute atomic E-state index is 0.0486. The molecule has 0 radical (unpaired) electrons. The third-order valence-electron chi connectivity index (χ3n) is 6.98. The van der Waals surface area contributed by atoms with Gasteiger partial charge in [-0.1, -0.05) is 62.1 Å². The van der Waals surface area contributed by atoms with Gasteiger partial charge in [0, 0.05) is 12.2 Å². The average Bonchev–Trinajstić information content (AvgIpc) is 2.97. The molecule has 2 rings (SSSR count). The van der Waals surface area contributed by atoms with Crippen LogP contribution in [-0.4, -0.2) is 60.0 Å². The Bertz CT molecular complexity index is 1290. The summed E-state index contributed by atoms with van der Waals surface area (Å²) < 4.78 is 236. The molecule has 2 aromatic rings. The number of aliphatic hydroxyl groups is 1. The lowest BCUT2D eigenvalue weighted by molar-refractivity contribution is -0.462. The maximum atomic E-state index is 14.6. The molecule has 0 spiro atoms. The summed E-state index contributed by atoms with van der Waals surface area (Å²) in [5.74, 6) is -56.4. The molecule has 0 unspecified atom stereocenters. The van der Waals surface area contributed by atoms with Gasteiger partial charge in [0.15, 0.2) is 0 Å². The van der Waals surface area contributed by atoms with E-state index in [0.29, 0.717) is 37.3 Å². The molecule has 0 heterocycles. The van der Waals surface area contributed by atoms with Crippen LogP contribution in [-0.2, 0) is 5.92 Å². The number of aliphatic hydroxyl groups excluding tert-OH is 1. The molecule has 0 aliphatic carbocycles. The molecule has 0 amide bonds. The Kier molecular flexibility index (Phi) is 11.8. The van der Waals surface area contributed by atoms with E-state index in [1.807, 2.05) is 0 Å². The summed E-state index contributed by atoms with van der Waals surface area (Å²) in [6.07, 6.45) is -2.86. The molecule has 0 aliphatic rings. The number of rotatable bonds is 17. The van der Waals surface area contributed by atoms with Crippen molar-refractivity contribution in [3.8, 4) is 16.9 Å². The van der Waals surface area contributed by atoms with E-state index in [1.54, 1.807) is 0 Å². The molecule has 47 heavy (non-hydrogen) atoms. The Morgan fingerprint density at radius 1 is 0.426 bits per heavy atom. The molecule has 19 heteroatoms. The molecule has 268 valence electrons. The lowest BCUT2D eigenvalue weighted by atomic mass is 9.87. The van der Waals surface area contributed by atoms with Crippen molar-refractivity contribution in [2.24, 2.45) is 0 Å². The van der Waals surface area contributed by atoms with Crippen LogP contribution in [0.15, 0.2) is 48.5 Å². The largest absolute Gasteiger partial charge is 0.494 e. The Hall–Kier alpha value is -2.99. The van der Waals surface area contributed by atoms with Crippen LogP contribution in [0.25, 0.3) is 11.1 Å². The van der Waals surface area contributed by atoms with Crippen LogP contribution in [0.3, 0.4) is 0 Å². The third kappa shape index (κ3) is 7.23. The molecule has 0 fully saturated rings. The standard InChI is InChI=1S/C28H25F17O2/c29-21(30,22(31,32)23(33,34)24(35,36)25(37,38)26(39,40)27(41,42)28(43,44)45)19-11-7-17(8-12-19)18-9-13-20(14-10-18)47-16-6-4-2-1-3-5-15-46/h7-14,46H,1-6,15-16H2. The van der Waals surface area contributed by atoms with Crippen molar-refractivity contribution in [2.75, 3.05) is 13.2 Å². The number of alkyl halides is 17. The van der Waals surface area contributed by atoms with Gasteiger partial charge in [-0.15, -0.1) is 0 Å². The van der Waals surface area contributed by atoms with E-state index in [1.165, 1.54) is 24.3 Å². The number of benzene rings is 2. The summed E-state index contributed by atoms with van der Waals surface area (Å²) in [6.45, 7) is 0.420. The molecule has 2 nitrogen and oxygen atoms in total. The van der Waals surface area contributed by atoms with Crippen LogP contribution in [0.1, 0.15) is 44.1 Å². The highest BCUT2D eigenvalue weighted by Gasteiger charge is 2.95. The zero-order valence-electron chi connectivity index (χ0n) is 23.6. The first kappa shape index (κ1) is 40.2. The summed E-state index contributed by atoms with van der Waals surface area (Å²) in [4.78, 5) is 0. The van der Waals surface area contributed by atoms with Gasteiger partial charge in [-0.2, -0.15) is 74.6 Å². The predicted octanol–water partition coefficient (Wildman–Crippen LogP) is 10.5. The fourth-order valence-corrected chi connectivity index (χ4v) is 4.07. The Morgan fingerprint density at radius 3 is 1.21 bits per heavy atom. The van der Waals surface area contributed by atoms with Crippen molar-refractivity contribution < 1.29 is 84.5 Å². The summed E-state index contributed by atoms with van der Waals surface area (Å²) in [6, 6.07) is 6.49. The maximum Gasteiger partial charge on any atom is 0.460 e. The first-order valence-electron chi connectivity index (χ1n) is 13.4. The van der Waals surface area contributed by atoms with Crippen LogP contribution >= 0.6 is 0 Å². The third-order valence-corrected chi connectivity index (χ3v) is 6.98. The van der Waals surface area contributed by atoms with Gasteiger partial charge in [-0.3, -0.25) is 0 Å². The van der Waals surface area contributed by atoms with E-state index in [0.717, 1.165) is 25.7 Å². The van der Waals surface area contributed by atoms with Gasteiger partial charge in [0.25, 0.3) is 0 Å². The highest BCUT2D eigenvalue weighted by Crippen LogP contribution is 2.65. The van der Waals surface area contributed by atoms with Crippen molar-refractivity contribution in [1.29, 1.82) is 0 Å². The van der Waals surface area contributed by atoms with E-state index in [9.17, 15) is 74.6 Å². The summed E-state index contributed by atoms with van der Waals surface area (Å²) >= 11 is 0. The Balaban J connectivity index is 2.26. The number of halogens is 17.